The molecule has 0 spiro atoms. The van der Waals surface area contributed by atoms with E-state index in [1.165, 1.54) is 11.3 Å². The number of carbonyl (C=O) groups is 2. The second-order valence-corrected chi connectivity index (χ2v) is 7.82. The number of aryl methyl sites for hydroxylation is 1. The Labute approximate surface area is 151 Å². The highest BCUT2D eigenvalue weighted by molar-refractivity contribution is 5.81. The van der Waals surface area contributed by atoms with Crippen LogP contribution < -0.4 is 10.2 Å². The summed E-state index contributed by atoms with van der Waals surface area (Å²) in [6.45, 7) is 11.6. The predicted octanol–water partition coefficient (Wildman–Crippen LogP) is 2.59. The number of anilines is 1. The number of carbonyl (C=O) groups excluding carboxylic acids is 2. The molecule has 0 bridgehead atoms. The molecule has 1 N–H and O–H groups in total. The van der Waals surface area contributed by atoms with Crippen molar-refractivity contribution in [3.05, 3.63) is 29.8 Å². The minimum Gasteiger partial charge on any atom is -0.368 e. The standard InChI is InChI=1S/C20H31N3O2/c1-16-7-5-8-17(15-16)22-11-13-23(14-12-22)18(24)9-6-10-21-19(25)20(2,3)4/h5,7-8,15H,6,9-14H2,1-4H3,(H,21,25). The van der Waals surface area contributed by atoms with Crippen LogP contribution in [0.2, 0.25) is 0 Å². The van der Waals surface area contributed by atoms with Crippen molar-refractivity contribution in [2.75, 3.05) is 37.6 Å². The molecule has 1 saturated heterocycles. The fourth-order valence-corrected chi connectivity index (χ4v) is 2.90. The second kappa shape index (κ2) is 8.37. The first-order valence-corrected chi connectivity index (χ1v) is 9.15. The van der Waals surface area contributed by atoms with Crippen molar-refractivity contribution in [2.45, 2.75) is 40.5 Å². The van der Waals surface area contributed by atoms with Crippen LogP contribution in [0.5, 0.6) is 0 Å². The number of hydrogen-bond donors (Lipinski definition) is 1. The van der Waals surface area contributed by atoms with Crippen molar-refractivity contribution in [2.24, 2.45) is 5.41 Å². The molecule has 2 rings (SSSR count). The minimum atomic E-state index is -0.379. The zero-order chi connectivity index (χ0) is 18.4. The van der Waals surface area contributed by atoms with Gasteiger partial charge in [-0.05, 0) is 31.0 Å². The first-order chi connectivity index (χ1) is 11.8. The monoisotopic (exact) mass is 345 g/mol. The van der Waals surface area contributed by atoms with E-state index < -0.39 is 0 Å². The Kier molecular flexibility index (Phi) is 6.45. The van der Waals surface area contributed by atoms with E-state index in [0.29, 0.717) is 19.4 Å². The van der Waals surface area contributed by atoms with Crippen LogP contribution >= 0.6 is 0 Å². The number of amides is 2. The van der Waals surface area contributed by atoms with E-state index in [9.17, 15) is 9.59 Å². The van der Waals surface area contributed by atoms with E-state index in [1.807, 2.05) is 25.7 Å². The third kappa shape index (κ3) is 5.76. The van der Waals surface area contributed by atoms with Crippen molar-refractivity contribution in [3.63, 3.8) is 0 Å². The Hall–Kier alpha value is -2.04. The Bertz CT molecular complexity index is 599. The molecule has 5 nitrogen and oxygen atoms in total. The summed E-state index contributed by atoms with van der Waals surface area (Å²) in [6, 6.07) is 8.49. The van der Waals surface area contributed by atoms with Crippen molar-refractivity contribution in [1.29, 1.82) is 0 Å². The molecule has 1 aromatic rings. The van der Waals surface area contributed by atoms with Crippen LogP contribution in [-0.2, 0) is 9.59 Å². The van der Waals surface area contributed by atoms with Crippen molar-refractivity contribution >= 4 is 17.5 Å². The van der Waals surface area contributed by atoms with Crippen LogP contribution in [0.1, 0.15) is 39.2 Å². The van der Waals surface area contributed by atoms with E-state index >= 15 is 0 Å². The van der Waals surface area contributed by atoms with Gasteiger partial charge in [-0.25, -0.2) is 0 Å². The van der Waals surface area contributed by atoms with Gasteiger partial charge in [-0.2, -0.15) is 0 Å². The fourth-order valence-electron chi connectivity index (χ4n) is 2.90. The highest BCUT2D eigenvalue weighted by Gasteiger charge is 2.22. The Morgan fingerprint density at radius 2 is 1.80 bits per heavy atom. The first-order valence-electron chi connectivity index (χ1n) is 9.15. The third-order valence-electron chi connectivity index (χ3n) is 4.53. The summed E-state index contributed by atoms with van der Waals surface area (Å²) in [6.07, 6.45) is 1.19. The van der Waals surface area contributed by atoms with Crippen LogP contribution in [0, 0.1) is 12.3 Å². The maximum atomic E-state index is 12.3. The summed E-state index contributed by atoms with van der Waals surface area (Å²) in [4.78, 5) is 28.4. The van der Waals surface area contributed by atoms with Gasteiger partial charge in [0.2, 0.25) is 11.8 Å². The van der Waals surface area contributed by atoms with E-state index in [1.54, 1.807) is 0 Å². The smallest absolute Gasteiger partial charge is 0.225 e. The van der Waals surface area contributed by atoms with Gasteiger partial charge in [0.05, 0.1) is 0 Å². The summed E-state index contributed by atoms with van der Waals surface area (Å²) in [5, 5.41) is 2.90. The lowest BCUT2D eigenvalue weighted by Crippen LogP contribution is -2.48. The summed E-state index contributed by atoms with van der Waals surface area (Å²) in [5.41, 5.74) is 2.11. The number of piperazine rings is 1. The number of benzene rings is 1. The topological polar surface area (TPSA) is 52.6 Å². The van der Waals surface area contributed by atoms with E-state index in [2.05, 4.69) is 41.4 Å². The molecule has 1 aromatic carbocycles. The van der Waals surface area contributed by atoms with Gasteiger partial charge < -0.3 is 15.1 Å². The Morgan fingerprint density at radius 1 is 1.12 bits per heavy atom. The molecule has 0 radical (unpaired) electrons. The Balaban J connectivity index is 1.70. The average molecular weight is 345 g/mol. The normalized spacial score (nSPS) is 15.2. The SMILES string of the molecule is Cc1cccc(N2CCN(C(=O)CCCNC(=O)C(C)(C)C)CC2)c1. The molecule has 0 saturated carbocycles. The zero-order valence-electron chi connectivity index (χ0n) is 16.0. The minimum absolute atomic E-state index is 0.0340. The molecule has 138 valence electrons. The van der Waals surface area contributed by atoms with Crippen LogP contribution in [0.15, 0.2) is 24.3 Å². The highest BCUT2D eigenvalue weighted by Crippen LogP contribution is 2.18. The highest BCUT2D eigenvalue weighted by atomic mass is 16.2. The van der Waals surface area contributed by atoms with Gasteiger partial charge in [0.15, 0.2) is 0 Å². The molecule has 1 heterocycles. The van der Waals surface area contributed by atoms with Crippen molar-refractivity contribution in [1.82, 2.24) is 10.2 Å². The van der Waals surface area contributed by atoms with Crippen molar-refractivity contribution < 1.29 is 9.59 Å². The van der Waals surface area contributed by atoms with Crippen LogP contribution in [0.25, 0.3) is 0 Å². The van der Waals surface area contributed by atoms with Crippen LogP contribution in [-0.4, -0.2) is 49.4 Å². The summed E-state index contributed by atoms with van der Waals surface area (Å²) < 4.78 is 0. The van der Waals surface area contributed by atoms with E-state index in [-0.39, 0.29) is 17.2 Å². The second-order valence-electron chi connectivity index (χ2n) is 7.82. The lowest BCUT2D eigenvalue weighted by Gasteiger charge is -2.36. The van der Waals surface area contributed by atoms with E-state index in [0.717, 1.165) is 26.2 Å². The van der Waals surface area contributed by atoms with Gasteiger partial charge in [-0.3, -0.25) is 9.59 Å². The largest absolute Gasteiger partial charge is 0.368 e. The summed E-state index contributed by atoms with van der Waals surface area (Å²) in [5.74, 6) is 0.223. The lowest BCUT2D eigenvalue weighted by molar-refractivity contribution is -0.132. The van der Waals surface area contributed by atoms with Gasteiger partial charge in [0.25, 0.3) is 0 Å². The molecule has 0 aliphatic carbocycles. The Morgan fingerprint density at radius 3 is 2.40 bits per heavy atom. The van der Waals surface area contributed by atoms with Crippen molar-refractivity contribution in [3.8, 4) is 0 Å². The van der Waals surface area contributed by atoms with Gasteiger partial charge in [-0.1, -0.05) is 32.9 Å². The van der Waals surface area contributed by atoms with Gasteiger partial charge in [0.1, 0.15) is 0 Å². The summed E-state index contributed by atoms with van der Waals surface area (Å²) >= 11 is 0. The lowest BCUT2D eigenvalue weighted by atomic mass is 9.96. The fraction of sp³-hybridized carbons (Fsp3) is 0.600. The van der Waals surface area contributed by atoms with Gasteiger partial charge in [-0.15, -0.1) is 0 Å². The quantitative estimate of drug-likeness (QED) is 0.835. The number of nitrogens with zero attached hydrogens (tertiary/aromatic N) is 2. The molecule has 5 heteroatoms. The number of nitrogens with one attached hydrogen (secondary N) is 1. The molecule has 2 amide bonds. The number of rotatable bonds is 5. The molecule has 1 aliphatic heterocycles. The van der Waals surface area contributed by atoms with Gasteiger partial charge >= 0.3 is 0 Å². The average Bonchev–Trinajstić information content (AvgIpc) is 2.57. The molecular formula is C20H31N3O2. The maximum Gasteiger partial charge on any atom is 0.225 e. The molecule has 0 aromatic heterocycles. The molecule has 1 fully saturated rings. The van der Waals surface area contributed by atoms with E-state index in [4.69, 9.17) is 0 Å². The third-order valence-corrected chi connectivity index (χ3v) is 4.53. The van der Waals surface area contributed by atoms with Gasteiger partial charge in [0, 0.05) is 50.2 Å². The van der Waals surface area contributed by atoms with Crippen LogP contribution in [0.3, 0.4) is 0 Å². The van der Waals surface area contributed by atoms with Crippen LogP contribution in [0.4, 0.5) is 5.69 Å². The number of hydrogen-bond acceptors (Lipinski definition) is 3. The molecule has 0 unspecified atom stereocenters. The molecule has 1 aliphatic rings. The molecule has 0 atom stereocenters. The first kappa shape index (κ1) is 19.3. The predicted molar refractivity (Wildman–Crippen MR) is 102 cm³/mol. The maximum absolute atomic E-state index is 12.3. The zero-order valence-corrected chi connectivity index (χ0v) is 16.0. The molecular weight excluding hydrogens is 314 g/mol. The molecule has 25 heavy (non-hydrogen) atoms. The summed E-state index contributed by atoms with van der Waals surface area (Å²) in [7, 11) is 0.